The van der Waals surface area contributed by atoms with Gasteiger partial charge >= 0.3 is 0 Å². The molecule has 1 aliphatic heterocycles. The number of carbonyl (C=O) groups excluding carboxylic acids is 2. The fourth-order valence-electron chi connectivity index (χ4n) is 4.41. The minimum Gasteiger partial charge on any atom is -0.343 e. The number of carbonyl (C=O) groups is 2. The van der Waals surface area contributed by atoms with Crippen molar-refractivity contribution in [2.75, 3.05) is 16.0 Å². The van der Waals surface area contributed by atoms with Gasteiger partial charge in [-0.1, -0.05) is 60.2 Å². The van der Waals surface area contributed by atoms with Gasteiger partial charge in [0.05, 0.1) is 11.8 Å². The Balaban J connectivity index is 1.54. The summed E-state index contributed by atoms with van der Waals surface area (Å²) < 4.78 is 1.71. The molecule has 36 heavy (non-hydrogen) atoms. The van der Waals surface area contributed by atoms with Crippen LogP contribution >= 0.6 is 0 Å². The average Bonchev–Trinajstić information content (AvgIpc) is 3.28. The number of aromatic nitrogens is 2. The van der Waals surface area contributed by atoms with Crippen molar-refractivity contribution in [1.29, 1.82) is 0 Å². The summed E-state index contributed by atoms with van der Waals surface area (Å²) in [5.74, 6) is 0.0326. The van der Waals surface area contributed by atoms with Gasteiger partial charge in [0.2, 0.25) is 0 Å². The van der Waals surface area contributed by atoms with Crippen LogP contribution < -0.4 is 16.0 Å². The third kappa shape index (κ3) is 4.51. The first-order chi connectivity index (χ1) is 17.4. The monoisotopic (exact) mass is 477 g/mol. The number of nitrogens with zero attached hydrogens (tertiary/aromatic N) is 2. The number of aryl methyl sites for hydroxylation is 2. The van der Waals surface area contributed by atoms with E-state index in [1.54, 1.807) is 10.9 Å². The molecule has 3 aromatic carbocycles. The molecular weight excluding hydrogens is 450 g/mol. The number of benzene rings is 3. The van der Waals surface area contributed by atoms with Gasteiger partial charge in [0, 0.05) is 17.1 Å². The highest BCUT2D eigenvalue weighted by molar-refractivity contribution is 6.09. The second-order valence-corrected chi connectivity index (χ2v) is 8.97. The Bertz CT molecular complexity index is 1470. The van der Waals surface area contributed by atoms with Crippen molar-refractivity contribution in [3.63, 3.8) is 0 Å². The molecule has 7 heteroatoms. The second kappa shape index (κ2) is 9.54. The minimum absolute atomic E-state index is 0.233. The highest BCUT2D eigenvalue weighted by atomic mass is 16.2. The fourth-order valence-corrected chi connectivity index (χ4v) is 4.41. The van der Waals surface area contributed by atoms with Crippen LogP contribution in [0.25, 0.3) is 0 Å². The zero-order valence-electron chi connectivity index (χ0n) is 20.4. The van der Waals surface area contributed by atoms with Crippen molar-refractivity contribution in [3.05, 3.63) is 119 Å². The topological polar surface area (TPSA) is 88.0 Å². The molecule has 0 unspecified atom stereocenters. The van der Waals surface area contributed by atoms with E-state index in [1.807, 2.05) is 99.6 Å². The van der Waals surface area contributed by atoms with Crippen LogP contribution in [0.4, 0.5) is 17.2 Å². The Labute approximate surface area is 209 Å². The molecule has 4 aromatic rings. The van der Waals surface area contributed by atoms with E-state index in [0.717, 1.165) is 16.7 Å². The number of anilines is 3. The van der Waals surface area contributed by atoms with E-state index in [9.17, 15) is 9.59 Å². The largest absolute Gasteiger partial charge is 0.343 e. The van der Waals surface area contributed by atoms with Crippen LogP contribution in [-0.2, 0) is 4.79 Å². The van der Waals surface area contributed by atoms with Crippen LogP contribution in [0.15, 0.2) is 96.3 Å². The van der Waals surface area contributed by atoms with Gasteiger partial charge in [-0.15, -0.1) is 0 Å². The van der Waals surface area contributed by atoms with Gasteiger partial charge in [-0.05, 0) is 56.2 Å². The number of hydrogen-bond acceptors (Lipinski definition) is 4. The molecule has 0 spiro atoms. The number of amides is 2. The summed E-state index contributed by atoms with van der Waals surface area (Å²) in [7, 11) is 0. The molecule has 2 amide bonds. The van der Waals surface area contributed by atoms with Crippen molar-refractivity contribution in [2.24, 2.45) is 0 Å². The average molecular weight is 478 g/mol. The molecule has 1 atom stereocenters. The second-order valence-electron chi connectivity index (χ2n) is 8.97. The zero-order chi connectivity index (χ0) is 25.2. The summed E-state index contributed by atoms with van der Waals surface area (Å²) in [6.07, 6.45) is 1.54. The lowest BCUT2D eigenvalue weighted by atomic mass is 9.94. The molecule has 3 N–H and O–H groups in total. The molecule has 2 heterocycles. The number of fused-ring (bicyclic) bond motifs is 1. The Morgan fingerprint density at radius 1 is 0.806 bits per heavy atom. The number of hydrogen-bond donors (Lipinski definition) is 3. The Morgan fingerprint density at radius 3 is 2.22 bits per heavy atom. The van der Waals surface area contributed by atoms with Crippen LogP contribution in [0.1, 0.15) is 40.0 Å². The molecule has 7 nitrogen and oxygen atoms in total. The summed E-state index contributed by atoms with van der Waals surface area (Å²) in [5.41, 5.74) is 6.06. The van der Waals surface area contributed by atoms with Gasteiger partial charge < -0.3 is 16.0 Å². The van der Waals surface area contributed by atoms with E-state index in [2.05, 4.69) is 21.0 Å². The van der Waals surface area contributed by atoms with Crippen LogP contribution in [0, 0.1) is 13.8 Å². The van der Waals surface area contributed by atoms with Gasteiger partial charge in [-0.2, -0.15) is 5.10 Å². The van der Waals surface area contributed by atoms with E-state index in [0.29, 0.717) is 34.0 Å². The summed E-state index contributed by atoms with van der Waals surface area (Å²) in [6.45, 7) is 5.84. The number of para-hydroxylation sites is 1. The highest BCUT2D eigenvalue weighted by Gasteiger charge is 2.35. The van der Waals surface area contributed by atoms with Gasteiger partial charge in [0.1, 0.15) is 17.4 Å². The molecule has 0 fully saturated rings. The van der Waals surface area contributed by atoms with Crippen molar-refractivity contribution >= 4 is 29.0 Å². The molecule has 180 valence electrons. The van der Waals surface area contributed by atoms with Gasteiger partial charge in [-0.3, -0.25) is 9.59 Å². The van der Waals surface area contributed by atoms with Gasteiger partial charge in [0.15, 0.2) is 0 Å². The summed E-state index contributed by atoms with van der Waals surface area (Å²) in [6, 6.07) is 24.5. The van der Waals surface area contributed by atoms with E-state index >= 15 is 0 Å². The number of nitrogens with one attached hydrogen (secondary N) is 3. The number of rotatable bonds is 5. The van der Waals surface area contributed by atoms with Crippen LogP contribution in [0.3, 0.4) is 0 Å². The Kier molecular flexibility index (Phi) is 6.12. The highest BCUT2D eigenvalue weighted by Crippen LogP contribution is 2.38. The lowest BCUT2D eigenvalue weighted by Gasteiger charge is -2.30. The lowest BCUT2D eigenvalue weighted by Crippen LogP contribution is -2.32. The SMILES string of the molecule is CC1=C(C(=O)Nc2ccccc2)[C@@H](c2ccc(C)cc2)n2ncc(C(=O)Nc3cccc(C)c3)c2N1. The maximum Gasteiger partial charge on any atom is 0.261 e. The van der Waals surface area contributed by atoms with Crippen LogP contribution in [0.5, 0.6) is 0 Å². The summed E-state index contributed by atoms with van der Waals surface area (Å²) in [5, 5.41) is 13.8. The molecule has 0 saturated carbocycles. The third-order valence-corrected chi connectivity index (χ3v) is 6.21. The minimum atomic E-state index is -0.508. The predicted octanol–water partition coefficient (Wildman–Crippen LogP) is 5.68. The maximum absolute atomic E-state index is 13.5. The smallest absolute Gasteiger partial charge is 0.261 e. The van der Waals surface area contributed by atoms with Crippen molar-refractivity contribution in [3.8, 4) is 0 Å². The van der Waals surface area contributed by atoms with E-state index in [-0.39, 0.29) is 11.8 Å². The fraction of sp³-hybridized carbons (Fsp3) is 0.138. The standard InChI is InChI=1S/C29H27N5O2/c1-18-12-14-21(15-13-18)26-25(29(36)32-22-9-5-4-6-10-22)20(3)31-27-24(17-30-34(26)27)28(35)33-23-11-7-8-19(2)16-23/h4-17,26,31H,1-3H3,(H,32,36)(H,33,35)/t26-/m1/s1. The number of allylic oxidation sites excluding steroid dienone is 1. The Hall–Kier alpha value is -4.65. The zero-order valence-corrected chi connectivity index (χ0v) is 20.4. The molecule has 0 saturated heterocycles. The van der Waals surface area contributed by atoms with E-state index < -0.39 is 6.04 Å². The molecular formula is C29H27N5O2. The molecule has 0 aliphatic carbocycles. The molecule has 0 bridgehead atoms. The summed E-state index contributed by atoms with van der Waals surface area (Å²) in [4.78, 5) is 26.7. The molecule has 5 rings (SSSR count). The van der Waals surface area contributed by atoms with Crippen LogP contribution in [-0.4, -0.2) is 21.6 Å². The summed E-state index contributed by atoms with van der Waals surface area (Å²) >= 11 is 0. The predicted molar refractivity (Wildman–Crippen MR) is 142 cm³/mol. The van der Waals surface area contributed by atoms with Gasteiger partial charge in [0.25, 0.3) is 11.8 Å². The van der Waals surface area contributed by atoms with Gasteiger partial charge in [-0.25, -0.2) is 4.68 Å². The lowest BCUT2D eigenvalue weighted by molar-refractivity contribution is -0.113. The van der Waals surface area contributed by atoms with Crippen molar-refractivity contribution < 1.29 is 9.59 Å². The first-order valence-electron chi connectivity index (χ1n) is 11.8. The quantitative estimate of drug-likeness (QED) is 0.345. The maximum atomic E-state index is 13.5. The Morgan fingerprint density at radius 2 is 1.50 bits per heavy atom. The normalized spacial score (nSPS) is 14.6. The third-order valence-electron chi connectivity index (χ3n) is 6.21. The molecule has 1 aliphatic rings. The first-order valence-corrected chi connectivity index (χ1v) is 11.8. The molecule has 1 aromatic heterocycles. The van der Waals surface area contributed by atoms with Crippen molar-refractivity contribution in [2.45, 2.75) is 26.8 Å². The van der Waals surface area contributed by atoms with Crippen LogP contribution in [0.2, 0.25) is 0 Å². The van der Waals surface area contributed by atoms with E-state index in [4.69, 9.17) is 0 Å². The van der Waals surface area contributed by atoms with E-state index in [1.165, 1.54) is 0 Å². The molecule has 0 radical (unpaired) electrons. The first kappa shape index (κ1) is 23.1. The van der Waals surface area contributed by atoms with Crippen molar-refractivity contribution in [1.82, 2.24) is 9.78 Å².